The van der Waals surface area contributed by atoms with Crippen molar-refractivity contribution in [3.05, 3.63) is 60.7 Å². The van der Waals surface area contributed by atoms with E-state index in [-0.39, 0.29) is 11.8 Å². The number of anilines is 2. The molecule has 2 aliphatic heterocycles. The Morgan fingerprint density at radius 1 is 0.808 bits per heavy atom. The molecule has 0 aromatic heterocycles. The zero-order valence-electron chi connectivity index (χ0n) is 15.1. The van der Waals surface area contributed by atoms with E-state index in [0.717, 1.165) is 39.0 Å². The maximum Gasteiger partial charge on any atom is 0.221 e. The first kappa shape index (κ1) is 17.0. The lowest BCUT2D eigenvalue weighted by atomic mass is 9.80. The lowest BCUT2D eigenvalue weighted by molar-refractivity contribution is -0.124. The average Bonchev–Trinajstić information content (AvgIpc) is 3.34. The summed E-state index contributed by atoms with van der Waals surface area (Å²) in [5.41, 5.74) is 8.38. The minimum atomic E-state index is -0.121. The quantitative estimate of drug-likeness (QED) is 0.902. The van der Waals surface area contributed by atoms with Crippen molar-refractivity contribution in [1.82, 2.24) is 0 Å². The van der Waals surface area contributed by atoms with Crippen LogP contribution in [0.15, 0.2) is 60.7 Å². The lowest BCUT2D eigenvalue weighted by Gasteiger charge is -2.27. The maximum atomic E-state index is 12.3. The Kier molecular flexibility index (Phi) is 4.83. The van der Waals surface area contributed by atoms with Crippen LogP contribution in [-0.4, -0.2) is 32.1 Å². The molecule has 4 nitrogen and oxygen atoms in total. The molecule has 1 amide bonds. The first-order chi connectivity index (χ1) is 12.7. The smallest absolute Gasteiger partial charge is 0.221 e. The van der Waals surface area contributed by atoms with Crippen LogP contribution >= 0.6 is 0 Å². The number of benzene rings is 2. The Morgan fingerprint density at radius 3 is 1.62 bits per heavy atom. The van der Waals surface area contributed by atoms with Crippen LogP contribution in [-0.2, 0) is 4.79 Å². The lowest BCUT2D eigenvalue weighted by Crippen LogP contribution is -2.38. The van der Waals surface area contributed by atoms with E-state index in [2.05, 4.69) is 58.3 Å². The molecule has 26 heavy (non-hydrogen) atoms. The zero-order valence-corrected chi connectivity index (χ0v) is 15.1. The van der Waals surface area contributed by atoms with E-state index in [1.165, 1.54) is 11.4 Å². The van der Waals surface area contributed by atoms with Gasteiger partial charge in [-0.15, -0.1) is 0 Å². The standard InChI is InChI=1S/C22H27N3O/c23-22(26)21(17-11-13-24(15-17)19-7-3-1-4-8-19)18-12-14-25(16-18)20-9-5-2-6-10-20/h1-10,17-18,21H,11-16H2,(H2,23,26). The van der Waals surface area contributed by atoms with Gasteiger partial charge in [-0.05, 0) is 48.9 Å². The molecule has 0 saturated carbocycles. The Bertz CT molecular complexity index is 676. The molecule has 0 aliphatic carbocycles. The number of hydrogen-bond acceptors (Lipinski definition) is 3. The molecule has 2 saturated heterocycles. The summed E-state index contributed by atoms with van der Waals surface area (Å²) in [7, 11) is 0. The minimum Gasteiger partial charge on any atom is -0.371 e. The highest BCUT2D eigenvalue weighted by molar-refractivity contribution is 5.78. The van der Waals surface area contributed by atoms with Gasteiger partial charge in [0.05, 0.1) is 0 Å². The number of para-hydroxylation sites is 2. The molecule has 0 spiro atoms. The van der Waals surface area contributed by atoms with Crippen molar-refractivity contribution >= 4 is 17.3 Å². The van der Waals surface area contributed by atoms with Gasteiger partial charge in [0.25, 0.3) is 0 Å². The highest BCUT2D eigenvalue weighted by Gasteiger charge is 2.40. The number of primary amides is 1. The monoisotopic (exact) mass is 349 g/mol. The molecule has 2 aromatic carbocycles. The van der Waals surface area contributed by atoms with Gasteiger partial charge in [-0.25, -0.2) is 0 Å². The van der Waals surface area contributed by atoms with E-state index >= 15 is 0 Å². The van der Waals surface area contributed by atoms with E-state index < -0.39 is 0 Å². The molecular weight excluding hydrogens is 322 g/mol. The highest BCUT2D eigenvalue weighted by atomic mass is 16.1. The molecule has 2 aromatic rings. The van der Waals surface area contributed by atoms with Gasteiger partial charge < -0.3 is 15.5 Å². The number of nitrogens with two attached hydrogens (primary N) is 1. The normalized spacial score (nSPS) is 24.0. The maximum absolute atomic E-state index is 12.3. The second kappa shape index (κ2) is 7.40. The minimum absolute atomic E-state index is 0.0302. The molecule has 4 heteroatoms. The van der Waals surface area contributed by atoms with Gasteiger partial charge in [0.1, 0.15) is 0 Å². The molecule has 2 fully saturated rings. The summed E-state index contributed by atoms with van der Waals surface area (Å²) in [5.74, 6) is 0.559. The van der Waals surface area contributed by atoms with Gasteiger partial charge in [-0.1, -0.05) is 36.4 Å². The van der Waals surface area contributed by atoms with E-state index in [0.29, 0.717) is 11.8 Å². The molecule has 2 atom stereocenters. The Balaban J connectivity index is 1.45. The number of amides is 1. The van der Waals surface area contributed by atoms with Crippen molar-refractivity contribution < 1.29 is 4.79 Å². The molecule has 0 radical (unpaired) electrons. The topological polar surface area (TPSA) is 49.6 Å². The summed E-state index contributed by atoms with van der Waals surface area (Å²) in [5, 5.41) is 0. The second-order valence-electron chi connectivity index (χ2n) is 7.59. The van der Waals surface area contributed by atoms with Crippen molar-refractivity contribution in [2.45, 2.75) is 12.8 Å². The second-order valence-corrected chi connectivity index (χ2v) is 7.59. The van der Waals surface area contributed by atoms with Gasteiger partial charge >= 0.3 is 0 Å². The molecule has 0 bridgehead atoms. The molecule has 136 valence electrons. The fraction of sp³-hybridized carbons (Fsp3) is 0.409. The van der Waals surface area contributed by atoms with Crippen molar-refractivity contribution in [2.75, 3.05) is 36.0 Å². The molecule has 2 unspecified atom stereocenters. The molecule has 2 heterocycles. The van der Waals surface area contributed by atoms with Gasteiger partial charge in [0.15, 0.2) is 0 Å². The van der Waals surface area contributed by atoms with E-state index in [1.807, 2.05) is 12.1 Å². The number of hydrogen-bond donors (Lipinski definition) is 1. The molecule has 4 rings (SSSR count). The molecule has 2 aliphatic rings. The van der Waals surface area contributed by atoms with Gasteiger partial charge in [0, 0.05) is 43.5 Å². The highest BCUT2D eigenvalue weighted by Crippen LogP contribution is 2.37. The van der Waals surface area contributed by atoms with Gasteiger partial charge in [-0.3, -0.25) is 4.79 Å². The van der Waals surface area contributed by atoms with Gasteiger partial charge in [-0.2, -0.15) is 0 Å². The largest absolute Gasteiger partial charge is 0.371 e. The summed E-state index contributed by atoms with van der Waals surface area (Å²) in [4.78, 5) is 17.1. The average molecular weight is 349 g/mol. The molecule has 2 N–H and O–H groups in total. The van der Waals surface area contributed by atoms with Crippen molar-refractivity contribution in [3.63, 3.8) is 0 Å². The fourth-order valence-electron chi connectivity index (χ4n) is 4.76. The summed E-state index contributed by atoms with van der Waals surface area (Å²) in [6.07, 6.45) is 2.09. The van der Waals surface area contributed by atoms with E-state index in [4.69, 9.17) is 5.73 Å². The van der Waals surface area contributed by atoms with Crippen molar-refractivity contribution in [3.8, 4) is 0 Å². The van der Waals surface area contributed by atoms with E-state index in [9.17, 15) is 4.79 Å². The van der Waals surface area contributed by atoms with Crippen LogP contribution in [0.1, 0.15) is 12.8 Å². The zero-order chi connectivity index (χ0) is 17.9. The Morgan fingerprint density at radius 2 is 1.23 bits per heavy atom. The van der Waals surface area contributed by atoms with Crippen LogP contribution in [0, 0.1) is 17.8 Å². The Hall–Kier alpha value is -2.49. The first-order valence-corrected chi connectivity index (χ1v) is 9.61. The van der Waals surface area contributed by atoms with Crippen molar-refractivity contribution in [2.24, 2.45) is 23.5 Å². The van der Waals surface area contributed by atoms with Crippen LogP contribution in [0.25, 0.3) is 0 Å². The third kappa shape index (κ3) is 3.41. The third-order valence-electron chi connectivity index (χ3n) is 6.04. The fourth-order valence-corrected chi connectivity index (χ4v) is 4.76. The predicted molar refractivity (Wildman–Crippen MR) is 106 cm³/mol. The number of carbonyl (C=O) groups excluding carboxylic acids is 1. The van der Waals surface area contributed by atoms with E-state index in [1.54, 1.807) is 0 Å². The third-order valence-corrected chi connectivity index (χ3v) is 6.04. The van der Waals surface area contributed by atoms with Crippen LogP contribution in [0.2, 0.25) is 0 Å². The molecular formula is C22H27N3O. The predicted octanol–water partition coefficient (Wildman–Crippen LogP) is 3.14. The summed E-state index contributed by atoms with van der Waals surface area (Å²) in [6, 6.07) is 21.0. The summed E-state index contributed by atoms with van der Waals surface area (Å²) >= 11 is 0. The number of carbonyl (C=O) groups is 1. The number of nitrogens with zero attached hydrogens (tertiary/aromatic N) is 2. The Labute approximate surface area is 155 Å². The first-order valence-electron chi connectivity index (χ1n) is 9.61. The van der Waals surface area contributed by atoms with Crippen LogP contribution in [0.4, 0.5) is 11.4 Å². The SMILES string of the molecule is NC(=O)C(C1CCN(c2ccccc2)C1)C1CCN(c2ccccc2)C1. The van der Waals surface area contributed by atoms with Crippen LogP contribution in [0.5, 0.6) is 0 Å². The van der Waals surface area contributed by atoms with Gasteiger partial charge in [0.2, 0.25) is 5.91 Å². The summed E-state index contributed by atoms with van der Waals surface area (Å²) < 4.78 is 0. The summed E-state index contributed by atoms with van der Waals surface area (Å²) in [6.45, 7) is 3.88. The van der Waals surface area contributed by atoms with Crippen molar-refractivity contribution in [1.29, 1.82) is 0 Å². The number of rotatable bonds is 5. The van der Waals surface area contributed by atoms with Crippen LogP contribution in [0.3, 0.4) is 0 Å². The van der Waals surface area contributed by atoms with Crippen LogP contribution < -0.4 is 15.5 Å².